The monoisotopic (exact) mass is 313 g/mol. The van der Waals surface area contributed by atoms with Crippen LogP contribution in [0.25, 0.3) is 0 Å². The molecule has 4 heteroatoms. The molecule has 1 aliphatic carbocycles. The predicted molar refractivity (Wildman–Crippen MR) is 87.9 cm³/mol. The smallest absolute Gasteiger partial charge is 0.338 e. The van der Waals surface area contributed by atoms with Gasteiger partial charge in [0.15, 0.2) is 0 Å². The maximum absolute atomic E-state index is 12.2. The molecular formula is C19H23NO3. The first kappa shape index (κ1) is 15.8. The molecule has 0 saturated carbocycles. The van der Waals surface area contributed by atoms with Crippen LogP contribution in [0.4, 0.5) is 0 Å². The van der Waals surface area contributed by atoms with E-state index in [0.29, 0.717) is 31.1 Å². The van der Waals surface area contributed by atoms with E-state index >= 15 is 0 Å². The van der Waals surface area contributed by atoms with E-state index in [1.54, 1.807) is 6.07 Å². The lowest BCUT2D eigenvalue weighted by atomic mass is 9.95. The van der Waals surface area contributed by atoms with Crippen LogP contribution in [0.5, 0.6) is 0 Å². The Balaban J connectivity index is 1.56. The van der Waals surface area contributed by atoms with Gasteiger partial charge < -0.3 is 9.64 Å². The summed E-state index contributed by atoms with van der Waals surface area (Å²) >= 11 is 0. The van der Waals surface area contributed by atoms with Crippen LogP contribution in [0.2, 0.25) is 0 Å². The third-order valence-corrected chi connectivity index (χ3v) is 4.54. The highest BCUT2D eigenvalue weighted by Gasteiger charge is 2.20. The molecule has 1 fully saturated rings. The second-order valence-corrected chi connectivity index (χ2v) is 6.37. The maximum atomic E-state index is 12.2. The minimum absolute atomic E-state index is 0.198. The molecule has 1 atom stereocenters. The maximum Gasteiger partial charge on any atom is 0.338 e. The number of rotatable bonds is 5. The quantitative estimate of drug-likeness (QED) is 0.619. The molecule has 0 radical (unpaired) electrons. The molecule has 0 bridgehead atoms. The van der Waals surface area contributed by atoms with Crippen molar-refractivity contribution in [1.82, 2.24) is 4.90 Å². The van der Waals surface area contributed by atoms with E-state index < -0.39 is 0 Å². The number of carbonyl (C=O) groups is 2. The number of likely N-dealkylation sites (tertiary alicyclic amines) is 1. The zero-order valence-electron chi connectivity index (χ0n) is 13.4. The second-order valence-electron chi connectivity index (χ2n) is 6.37. The van der Waals surface area contributed by atoms with E-state index in [1.165, 1.54) is 0 Å². The van der Waals surface area contributed by atoms with Gasteiger partial charge in [-0.2, -0.15) is 0 Å². The standard InChI is InChI=1S/C19H23NO3/c21-18-10-5-11-20(18)13-16-8-4-9-17(12-16)19(22)23-14-15-6-2-1-3-7-15/h1-2,4,8-9,12,15H,3,5-7,10-11,13-14H2. The van der Waals surface area contributed by atoms with Crippen molar-refractivity contribution >= 4 is 11.9 Å². The first-order valence-electron chi connectivity index (χ1n) is 8.41. The zero-order chi connectivity index (χ0) is 16.1. The lowest BCUT2D eigenvalue weighted by Crippen LogP contribution is -2.24. The highest BCUT2D eigenvalue weighted by Crippen LogP contribution is 2.19. The Morgan fingerprint density at radius 3 is 2.96 bits per heavy atom. The second kappa shape index (κ2) is 7.44. The molecule has 1 amide bonds. The van der Waals surface area contributed by atoms with Gasteiger partial charge in [-0.25, -0.2) is 4.79 Å². The van der Waals surface area contributed by atoms with Crippen LogP contribution in [0.15, 0.2) is 36.4 Å². The molecule has 1 saturated heterocycles. The van der Waals surface area contributed by atoms with Crippen LogP contribution in [0, 0.1) is 5.92 Å². The number of ether oxygens (including phenoxy) is 1. The molecule has 1 aromatic carbocycles. The number of carbonyl (C=O) groups excluding carboxylic acids is 2. The van der Waals surface area contributed by atoms with Crippen LogP contribution >= 0.6 is 0 Å². The number of amides is 1. The fourth-order valence-corrected chi connectivity index (χ4v) is 3.17. The Labute approximate surface area is 137 Å². The fourth-order valence-electron chi connectivity index (χ4n) is 3.17. The predicted octanol–water partition coefficient (Wildman–Crippen LogP) is 3.32. The minimum atomic E-state index is -0.269. The van der Waals surface area contributed by atoms with Gasteiger partial charge in [-0.05, 0) is 49.3 Å². The number of nitrogens with zero attached hydrogens (tertiary/aromatic N) is 1. The number of allylic oxidation sites excluding steroid dienone is 2. The van der Waals surface area contributed by atoms with Gasteiger partial charge in [0.25, 0.3) is 0 Å². The van der Waals surface area contributed by atoms with Gasteiger partial charge in [0.05, 0.1) is 12.2 Å². The highest BCUT2D eigenvalue weighted by atomic mass is 16.5. The van der Waals surface area contributed by atoms with E-state index in [0.717, 1.165) is 37.8 Å². The van der Waals surface area contributed by atoms with E-state index in [4.69, 9.17) is 4.74 Å². The molecule has 1 heterocycles. The Morgan fingerprint density at radius 2 is 2.22 bits per heavy atom. The van der Waals surface area contributed by atoms with Crippen molar-refractivity contribution in [3.8, 4) is 0 Å². The van der Waals surface area contributed by atoms with Crippen LogP contribution in [0.3, 0.4) is 0 Å². The average Bonchev–Trinajstić information content (AvgIpc) is 2.99. The van der Waals surface area contributed by atoms with Crippen LogP contribution in [0.1, 0.15) is 48.0 Å². The molecule has 1 aromatic rings. The molecule has 0 N–H and O–H groups in total. The van der Waals surface area contributed by atoms with E-state index in [-0.39, 0.29) is 11.9 Å². The third kappa shape index (κ3) is 4.21. The lowest BCUT2D eigenvalue weighted by molar-refractivity contribution is -0.128. The van der Waals surface area contributed by atoms with Gasteiger partial charge in [-0.1, -0.05) is 24.3 Å². The topological polar surface area (TPSA) is 46.6 Å². The van der Waals surface area contributed by atoms with Gasteiger partial charge in [0, 0.05) is 19.5 Å². The summed E-state index contributed by atoms with van der Waals surface area (Å²) in [7, 11) is 0. The summed E-state index contributed by atoms with van der Waals surface area (Å²) in [5.41, 5.74) is 1.55. The third-order valence-electron chi connectivity index (χ3n) is 4.54. The molecule has 4 nitrogen and oxygen atoms in total. The van der Waals surface area contributed by atoms with Crippen molar-refractivity contribution in [2.24, 2.45) is 5.92 Å². The summed E-state index contributed by atoms with van der Waals surface area (Å²) < 4.78 is 5.46. The highest BCUT2D eigenvalue weighted by molar-refractivity contribution is 5.89. The van der Waals surface area contributed by atoms with Gasteiger partial charge in [0.1, 0.15) is 0 Å². The van der Waals surface area contributed by atoms with Gasteiger partial charge in [-0.3, -0.25) is 4.79 Å². The van der Waals surface area contributed by atoms with E-state index in [1.807, 2.05) is 23.1 Å². The molecule has 122 valence electrons. The van der Waals surface area contributed by atoms with E-state index in [2.05, 4.69) is 12.2 Å². The first-order valence-corrected chi connectivity index (χ1v) is 8.41. The normalized spacial score (nSPS) is 20.8. The minimum Gasteiger partial charge on any atom is -0.462 e. The van der Waals surface area contributed by atoms with Crippen molar-refractivity contribution in [2.75, 3.05) is 13.2 Å². The molecule has 23 heavy (non-hydrogen) atoms. The molecule has 3 rings (SSSR count). The van der Waals surface area contributed by atoms with Crippen LogP contribution in [-0.4, -0.2) is 29.9 Å². The van der Waals surface area contributed by atoms with Crippen molar-refractivity contribution in [3.63, 3.8) is 0 Å². The summed E-state index contributed by atoms with van der Waals surface area (Å²) in [6.07, 6.45) is 9.05. The molecule has 1 unspecified atom stereocenters. The van der Waals surface area contributed by atoms with Gasteiger partial charge >= 0.3 is 5.97 Å². The molecule has 0 aromatic heterocycles. The SMILES string of the molecule is O=C(OCC1CC=CCC1)c1cccc(CN2CCCC2=O)c1. The lowest BCUT2D eigenvalue weighted by Gasteiger charge is -2.18. The first-order chi connectivity index (χ1) is 11.2. The number of hydrogen-bond acceptors (Lipinski definition) is 3. The molecule has 0 spiro atoms. The van der Waals surface area contributed by atoms with Crippen LogP contribution < -0.4 is 0 Å². The van der Waals surface area contributed by atoms with Gasteiger partial charge in [0.2, 0.25) is 5.91 Å². The van der Waals surface area contributed by atoms with Crippen LogP contribution in [-0.2, 0) is 16.1 Å². The summed E-state index contributed by atoms with van der Waals surface area (Å²) in [5, 5.41) is 0. The van der Waals surface area contributed by atoms with Crippen molar-refractivity contribution in [2.45, 2.75) is 38.6 Å². The summed E-state index contributed by atoms with van der Waals surface area (Å²) in [4.78, 5) is 25.8. The van der Waals surface area contributed by atoms with Crippen molar-refractivity contribution < 1.29 is 14.3 Å². The summed E-state index contributed by atoms with van der Waals surface area (Å²) in [6.45, 7) is 1.87. The van der Waals surface area contributed by atoms with Crippen molar-refractivity contribution in [1.29, 1.82) is 0 Å². The Bertz CT molecular complexity index is 608. The summed E-state index contributed by atoms with van der Waals surface area (Å²) in [5.74, 6) is 0.367. The zero-order valence-corrected chi connectivity index (χ0v) is 13.4. The van der Waals surface area contributed by atoms with E-state index in [9.17, 15) is 9.59 Å². The summed E-state index contributed by atoms with van der Waals surface area (Å²) in [6, 6.07) is 7.43. The molecular weight excluding hydrogens is 290 g/mol. The van der Waals surface area contributed by atoms with Gasteiger partial charge in [-0.15, -0.1) is 0 Å². The Hall–Kier alpha value is -2.10. The Morgan fingerprint density at radius 1 is 1.30 bits per heavy atom. The molecule has 2 aliphatic rings. The largest absolute Gasteiger partial charge is 0.462 e. The molecule has 1 aliphatic heterocycles. The Kier molecular flexibility index (Phi) is 5.11. The fraction of sp³-hybridized carbons (Fsp3) is 0.474. The number of hydrogen-bond donors (Lipinski definition) is 0. The number of esters is 1. The number of benzene rings is 1. The van der Waals surface area contributed by atoms with Crippen molar-refractivity contribution in [3.05, 3.63) is 47.5 Å². The average molecular weight is 313 g/mol.